The molecule has 0 spiro atoms. The Bertz CT molecular complexity index is 675. The van der Waals surface area contributed by atoms with Crippen LogP contribution in [0.25, 0.3) is 17.0 Å². The van der Waals surface area contributed by atoms with Crippen molar-refractivity contribution in [3.63, 3.8) is 0 Å². The van der Waals surface area contributed by atoms with Gasteiger partial charge in [-0.15, -0.1) is 6.58 Å². The summed E-state index contributed by atoms with van der Waals surface area (Å²) in [6.45, 7) is 7.59. The minimum absolute atomic E-state index is 0.0351. The maximum absolute atomic E-state index is 12.4. The molecular weight excluding hydrogens is 224 g/mol. The molecule has 92 valence electrons. The Morgan fingerprint density at radius 3 is 2.83 bits per heavy atom. The zero-order valence-electron chi connectivity index (χ0n) is 10.7. The lowest BCUT2D eigenvalue weighted by Crippen LogP contribution is -2.09. The van der Waals surface area contributed by atoms with E-state index in [-0.39, 0.29) is 5.43 Å². The lowest BCUT2D eigenvalue weighted by molar-refractivity contribution is 0.595. The SMILES string of the molecule is C=CCc1coc2ccc(C)c(/C=C\C)c2c1=O. The van der Waals surface area contributed by atoms with Gasteiger partial charge in [0, 0.05) is 5.56 Å². The van der Waals surface area contributed by atoms with Gasteiger partial charge in [-0.2, -0.15) is 0 Å². The molecule has 0 fully saturated rings. The van der Waals surface area contributed by atoms with Gasteiger partial charge in [-0.3, -0.25) is 4.79 Å². The van der Waals surface area contributed by atoms with Gasteiger partial charge in [-0.1, -0.05) is 24.3 Å². The topological polar surface area (TPSA) is 30.2 Å². The highest BCUT2D eigenvalue weighted by atomic mass is 16.3. The minimum Gasteiger partial charge on any atom is -0.464 e. The highest BCUT2D eigenvalue weighted by molar-refractivity contribution is 5.88. The van der Waals surface area contributed by atoms with Crippen LogP contribution in [0.1, 0.15) is 23.6 Å². The Labute approximate surface area is 106 Å². The molecule has 0 unspecified atom stereocenters. The molecule has 0 atom stereocenters. The van der Waals surface area contributed by atoms with Gasteiger partial charge in [-0.25, -0.2) is 0 Å². The maximum atomic E-state index is 12.4. The van der Waals surface area contributed by atoms with E-state index in [0.717, 1.165) is 11.1 Å². The lowest BCUT2D eigenvalue weighted by Gasteiger charge is -2.06. The van der Waals surface area contributed by atoms with Gasteiger partial charge >= 0.3 is 0 Å². The number of rotatable bonds is 3. The Hall–Kier alpha value is -2.09. The highest BCUT2D eigenvalue weighted by Gasteiger charge is 2.10. The summed E-state index contributed by atoms with van der Waals surface area (Å²) in [6, 6.07) is 3.81. The van der Waals surface area contributed by atoms with Crippen LogP contribution in [0.3, 0.4) is 0 Å². The number of allylic oxidation sites excluding steroid dienone is 2. The number of fused-ring (bicyclic) bond motifs is 1. The molecule has 2 nitrogen and oxygen atoms in total. The fourth-order valence-electron chi connectivity index (χ4n) is 2.06. The molecule has 0 saturated carbocycles. The summed E-state index contributed by atoms with van der Waals surface area (Å²) in [7, 11) is 0. The molecule has 2 rings (SSSR count). The van der Waals surface area contributed by atoms with Crippen LogP contribution in [-0.4, -0.2) is 0 Å². The molecule has 0 aliphatic rings. The van der Waals surface area contributed by atoms with Gasteiger partial charge in [-0.05, 0) is 37.5 Å². The van der Waals surface area contributed by atoms with Crippen molar-refractivity contribution < 1.29 is 4.42 Å². The van der Waals surface area contributed by atoms with Gasteiger partial charge < -0.3 is 4.42 Å². The highest BCUT2D eigenvalue weighted by Crippen LogP contribution is 2.21. The van der Waals surface area contributed by atoms with Crippen molar-refractivity contribution in [1.29, 1.82) is 0 Å². The summed E-state index contributed by atoms with van der Waals surface area (Å²) in [5, 5.41) is 0.660. The third-order valence-corrected chi connectivity index (χ3v) is 2.97. The Balaban J connectivity index is 2.88. The van der Waals surface area contributed by atoms with Crippen molar-refractivity contribution in [2.45, 2.75) is 20.3 Å². The summed E-state index contributed by atoms with van der Waals surface area (Å²) < 4.78 is 5.54. The Morgan fingerprint density at radius 1 is 1.39 bits per heavy atom. The summed E-state index contributed by atoms with van der Waals surface area (Å²) >= 11 is 0. The van der Waals surface area contributed by atoms with E-state index < -0.39 is 0 Å². The predicted octanol–water partition coefficient (Wildman–Crippen LogP) is 3.86. The van der Waals surface area contributed by atoms with Crippen molar-refractivity contribution in [2.24, 2.45) is 0 Å². The smallest absolute Gasteiger partial charge is 0.196 e. The molecule has 1 heterocycles. The van der Waals surface area contributed by atoms with Crippen LogP contribution in [0.4, 0.5) is 0 Å². The number of hydrogen-bond donors (Lipinski definition) is 0. The second-order valence-corrected chi connectivity index (χ2v) is 4.25. The molecule has 0 aliphatic heterocycles. The molecule has 0 N–H and O–H groups in total. The second kappa shape index (κ2) is 5.05. The summed E-state index contributed by atoms with van der Waals surface area (Å²) in [6.07, 6.45) is 7.65. The summed E-state index contributed by atoms with van der Waals surface area (Å²) in [5.74, 6) is 0. The molecule has 2 heteroatoms. The monoisotopic (exact) mass is 240 g/mol. The summed E-state index contributed by atoms with van der Waals surface area (Å²) in [4.78, 5) is 12.4. The van der Waals surface area contributed by atoms with Crippen LogP contribution in [0.2, 0.25) is 0 Å². The van der Waals surface area contributed by atoms with E-state index in [0.29, 0.717) is 23.0 Å². The van der Waals surface area contributed by atoms with Gasteiger partial charge in [0.25, 0.3) is 0 Å². The van der Waals surface area contributed by atoms with Gasteiger partial charge in [0.1, 0.15) is 5.58 Å². The lowest BCUT2D eigenvalue weighted by atomic mass is 10.0. The predicted molar refractivity (Wildman–Crippen MR) is 75.8 cm³/mol. The number of benzene rings is 1. The van der Waals surface area contributed by atoms with Gasteiger partial charge in [0.05, 0.1) is 11.6 Å². The van der Waals surface area contributed by atoms with Crippen LogP contribution in [0.5, 0.6) is 0 Å². The molecule has 0 bridgehead atoms. The first-order chi connectivity index (χ1) is 8.69. The Kier molecular flexibility index (Phi) is 3.47. The summed E-state index contributed by atoms with van der Waals surface area (Å²) in [5.41, 5.74) is 3.33. The van der Waals surface area contributed by atoms with E-state index >= 15 is 0 Å². The fraction of sp³-hybridized carbons (Fsp3) is 0.188. The van der Waals surface area contributed by atoms with Crippen molar-refractivity contribution >= 4 is 17.0 Å². The molecule has 2 aromatic rings. The first-order valence-electron chi connectivity index (χ1n) is 5.96. The molecular formula is C16H16O2. The van der Waals surface area contributed by atoms with E-state index in [1.54, 1.807) is 6.08 Å². The molecule has 0 amide bonds. The minimum atomic E-state index is 0.0351. The van der Waals surface area contributed by atoms with E-state index in [9.17, 15) is 4.79 Å². The van der Waals surface area contributed by atoms with Crippen LogP contribution >= 0.6 is 0 Å². The first-order valence-corrected chi connectivity index (χ1v) is 5.96. The van der Waals surface area contributed by atoms with Crippen LogP contribution in [-0.2, 0) is 6.42 Å². The zero-order chi connectivity index (χ0) is 13.1. The molecule has 0 saturated heterocycles. The third-order valence-electron chi connectivity index (χ3n) is 2.97. The van der Waals surface area contributed by atoms with Crippen molar-refractivity contribution in [1.82, 2.24) is 0 Å². The number of aryl methyl sites for hydroxylation is 1. The average molecular weight is 240 g/mol. The zero-order valence-corrected chi connectivity index (χ0v) is 10.7. The average Bonchev–Trinajstić information content (AvgIpc) is 2.36. The van der Waals surface area contributed by atoms with Crippen molar-refractivity contribution in [2.75, 3.05) is 0 Å². The standard InChI is InChI=1S/C16H16O2/c1-4-6-12-10-18-14-9-8-11(3)13(7-5-2)15(14)16(12)17/h4-5,7-10H,1,6H2,2-3H3/b7-5-. The number of hydrogen-bond acceptors (Lipinski definition) is 2. The van der Waals surface area contributed by atoms with E-state index in [1.807, 2.05) is 38.1 Å². The van der Waals surface area contributed by atoms with Crippen LogP contribution in [0, 0.1) is 6.92 Å². The van der Waals surface area contributed by atoms with E-state index in [2.05, 4.69) is 6.58 Å². The molecule has 0 aliphatic carbocycles. The van der Waals surface area contributed by atoms with Gasteiger partial charge in [0.15, 0.2) is 5.43 Å². The molecule has 18 heavy (non-hydrogen) atoms. The molecule has 0 radical (unpaired) electrons. The van der Waals surface area contributed by atoms with Crippen LogP contribution < -0.4 is 5.43 Å². The molecule has 1 aromatic carbocycles. The van der Waals surface area contributed by atoms with Gasteiger partial charge in [0.2, 0.25) is 0 Å². The largest absolute Gasteiger partial charge is 0.464 e. The third kappa shape index (κ3) is 2.02. The Morgan fingerprint density at radius 2 is 2.17 bits per heavy atom. The normalized spacial score (nSPS) is 11.2. The second-order valence-electron chi connectivity index (χ2n) is 4.25. The van der Waals surface area contributed by atoms with E-state index in [4.69, 9.17) is 4.42 Å². The maximum Gasteiger partial charge on any atom is 0.196 e. The van der Waals surface area contributed by atoms with Crippen molar-refractivity contribution in [3.8, 4) is 0 Å². The van der Waals surface area contributed by atoms with Crippen LogP contribution in [0.15, 0.2) is 46.3 Å². The quantitative estimate of drug-likeness (QED) is 0.762. The fourth-order valence-corrected chi connectivity index (χ4v) is 2.06. The van der Waals surface area contributed by atoms with Crippen molar-refractivity contribution in [3.05, 3.63) is 64.0 Å². The first kappa shape index (κ1) is 12.4. The van der Waals surface area contributed by atoms with E-state index in [1.165, 1.54) is 6.26 Å². The molecule has 1 aromatic heterocycles.